The van der Waals surface area contributed by atoms with Gasteiger partial charge < -0.3 is 0 Å². The van der Waals surface area contributed by atoms with Gasteiger partial charge in [-0.15, -0.1) is 0 Å². The number of benzene rings is 1. The van der Waals surface area contributed by atoms with Crippen molar-refractivity contribution in [2.75, 3.05) is 11.9 Å². The first-order valence-corrected chi connectivity index (χ1v) is 6.81. The van der Waals surface area contributed by atoms with Gasteiger partial charge in [-0.25, -0.2) is 9.97 Å². The molecule has 2 heterocycles. The smallest absolute Gasteiger partial charge is 0.279 e. The SMILES string of the molecule is CN(C(=O)c1cnccn1)c1ccc(-c2ccccc2)cn1. The fraction of sp³-hybridized carbons (Fsp3) is 0.0588. The summed E-state index contributed by atoms with van der Waals surface area (Å²) < 4.78 is 0. The molecule has 0 unspecified atom stereocenters. The summed E-state index contributed by atoms with van der Waals surface area (Å²) in [5.41, 5.74) is 2.38. The lowest BCUT2D eigenvalue weighted by Crippen LogP contribution is -2.27. The quantitative estimate of drug-likeness (QED) is 0.744. The Morgan fingerprint density at radius 3 is 2.36 bits per heavy atom. The molecule has 0 fully saturated rings. The third-order valence-corrected chi connectivity index (χ3v) is 3.29. The lowest BCUT2D eigenvalue weighted by atomic mass is 10.1. The van der Waals surface area contributed by atoms with Crippen LogP contribution in [0.5, 0.6) is 0 Å². The van der Waals surface area contributed by atoms with Crippen LogP contribution >= 0.6 is 0 Å². The second-order valence-corrected chi connectivity index (χ2v) is 4.73. The van der Waals surface area contributed by atoms with Gasteiger partial charge in [0.1, 0.15) is 11.5 Å². The lowest BCUT2D eigenvalue weighted by Gasteiger charge is -2.15. The Hall–Kier alpha value is -3.08. The monoisotopic (exact) mass is 290 g/mol. The summed E-state index contributed by atoms with van der Waals surface area (Å²) >= 11 is 0. The Kier molecular flexibility index (Phi) is 3.87. The molecule has 0 aliphatic rings. The number of amides is 1. The maximum atomic E-state index is 12.3. The Balaban J connectivity index is 1.82. The zero-order valence-electron chi connectivity index (χ0n) is 12.0. The lowest BCUT2D eigenvalue weighted by molar-refractivity contribution is 0.0987. The third kappa shape index (κ3) is 2.83. The van der Waals surface area contributed by atoms with Crippen LogP contribution in [0.2, 0.25) is 0 Å². The molecule has 2 aromatic heterocycles. The predicted octanol–water partition coefficient (Wildman–Crippen LogP) is 2.82. The van der Waals surface area contributed by atoms with Gasteiger partial charge in [0.05, 0.1) is 6.20 Å². The molecule has 3 aromatic rings. The van der Waals surface area contributed by atoms with Crippen LogP contribution in [0.1, 0.15) is 10.5 Å². The molecule has 0 aliphatic heterocycles. The van der Waals surface area contributed by atoms with Crippen LogP contribution in [-0.4, -0.2) is 27.9 Å². The standard InChI is InChI=1S/C17H14N4O/c1-21(17(22)15-12-18-9-10-19-15)16-8-7-14(11-20-16)13-5-3-2-4-6-13/h2-12H,1H3. The van der Waals surface area contributed by atoms with Crippen molar-refractivity contribution >= 4 is 11.7 Å². The van der Waals surface area contributed by atoms with E-state index in [0.717, 1.165) is 11.1 Å². The molecule has 5 heteroatoms. The highest BCUT2D eigenvalue weighted by molar-refractivity contribution is 6.03. The van der Waals surface area contributed by atoms with E-state index in [1.807, 2.05) is 42.5 Å². The highest BCUT2D eigenvalue weighted by Gasteiger charge is 2.15. The van der Waals surface area contributed by atoms with E-state index in [-0.39, 0.29) is 5.91 Å². The number of hydrogen-bond acceptors (Lipinski definition) is 4. The largest absolute Gasteiger partial charge is 0.294 e. The summed E-state index contributed by atoms with van der Waals surface area (Å²) in [6.07, 6.45) is 6.22. The number of hydrogen-bond donors (Lipinski definition) is 0. The highest BCUT2D eigenvalue weighted by Crippen LogP contribution is 2.20. The molecule has 0 saturated carbocycles. The third-order valence-electron chi connectivity index (χ3n) is 3.29. The Morgan fingerprint density at radius 1 is 0.909 bits per heavy atom. The van der Waals surface area contributed by atoms with Crippen LogP contribution < -0.4 is 4.90 Å². The topological polar surface area (TPSA) is 59.0 Å². The van der Waals surface area contributed by atoms with Crippen molar-refractivity contribution in [1.82, 2.24) is 15.0 Å². The molecule has 0 radical (unpaired) electrons. The van der Waals surface area contributed by atoms with Crippen molar-refractivity contribution in [3.05, 3.63) is 72.9 Å². The van der Waals surface area contributed by atoms with Gasteiger partial charge in [-0.2, -0.15) is 0 Å². The second-order valence-electron chi connectivity index (χ2n) is 4.73. The zero-order chi connectivity index (χ0) is 15.4. The van der Waals surface area contributed by atoms with E-state index in [9.17, 15) is 4.79 Å². The fourth-order valence-electron chi connectivity index (χ4n) is 2.07. The molecule has 1 aromatic carbocycles. The van der Waals surface area contributed by atoms with Crippen LogP contribution in [0.4, 0.5) is 5.82 Å². The molecule has 0 aliphatic carbocycles. The molecule has 0 spiro atoms. The van der Waals surface area contributed by atoms with Gasteiger partial charge in [0, 0.05) is 31.2 Å². The van der Waals surface area contributed by atoms with Gasteiger partial charge in [-0.1, -0.05) is 30.3 Å². The van der Waals surface area contributed by atoms with Gasteiger partial charge in [0.15, 0.2) is 0 Å². The Labute approximate surface area is 128 Å². The van der Waals surface area contributed by atoms with Gasteiger partial charge in [0.25, 0.3) is 5.91 Å². The molecule has 5 nitrogen and oxygen atoms in total. The molecule has 0 saturated heterocycles. The number of nitrogens with zero attached hydrogens (tertiary/aromatic N) is 4. The van der Waals surface area contributed by atoms with E-state index in [2.05, 4.69) is 15.0 Å². The Morgan fingerprint density at radius 2 is 1.73 bits per heavy atom. The van der Waals surface area contributed by atoms with Crippen LogP contribution in [0, 0.1) is 0 Å². The summed E-state index contributed by atoms with van der Waals surface area (Å²) in [7, 11) is 1.67. The van der Waals surface area contributed by atoms with Crippen molar-refractivity contribution in [1.29, 1.82) is 0 Å². The number of carbonyl (C=O) groups is 1. The minimum Gasteiger partial charge on any atom is -0.294 e. The number of aromatic nitrogens is 3. The van der Waals surface area contributed by atoms with Crippen molar-refractivity contribution in [2.45, 2.75) is 0 Å². The first-order chi connectivity index (χ1) is 10.8. The molecule has 3 rings (SSSR count). The molecule has 0 N–H and O–H groups in total. The summed E-state index contributed by atoms with van der Waals surface area (Å²) in [5.74, 6) is 0.323. The number of rotatable bonds is 3. The second kappa shape index (κ2) is 6.13. The summed E-state index contributed by atoms with van der Waals surface area (Å²) in [5, 5.41) is 0. The van der Waals surface area contributed by atoms with E-state index < -0.39 is 0 Å². The van der Waals surface area contributed by atoms with Crippen molar-refractivity contribution in [2.24, 2.45) is 0 Å². The van der Waals surface area contributed by atoms with E-state index in [1.54, 1.807) is 13.2 Å². The van der Waals surface area contributed by atoms with E-state index in [0.29, 0.717) is 11.5 Å². The molecule has 22 heavy (non-hydrogen) atoms. The van der Waals surface area contributed by atoms with Gasteiger partial charge in [-0.05, 0) is 17.7 Å². The summed E-state index contributed by atoms with van der Waals surface area (Å²) in [4.78, 5) is 26.0. The minimum absolute atomic E-state index is 0.243. The van der Waals surface area contributed by atoms with Crippen LogP contribution in [0.3, 0.4) is 0 Å². The molecular weight excluding hydrogens is 276 g/mol. The number of pyridine rings is 1. The van der Waals surface area contributed by atoms with Crippen LogP contribution in [0.25, 0.3) is 11.1 Å². The average Bonchev–Trinajstić information content (AvgIpc) is 2.62. The molecule has 108 valence electrons. The maximum Gasteiger partial charge on any atom is 0.279 e. The molecular formula is C17H14N4O. The van der Waals surface area contributed by atoms with E-state index >= 15 is 0 Å². The van der Waals surface area contributed by atoms with Crippen molar-refractivity contribution < 1.29 is 4.79 Å². The Bertz CT molecular complexity index is 758. The van der Waals surface area contributed by atoms with Gasteiger partial charge >= 0.3 is 0 Å². The van der Waals surface area contributed by atoms with Crippen LogP contribution in [-0.2, 0) is 0 Å². The summed E-state index contributed by atoms with van der Waals surface area (Å²) in [6.45, 7) is 0. The zero-order valence-corrected chi connectivity index (χ0v) is 12.0. The minimum atomic E-state index is -0.243. The highest BCUT2D eigenvalue weighted by atomic mass is 16.2. The molecule has 0 atom stereocenters. The number of anilines is 1. The number of carbonyl (C=O) groups excluding carboxylic acids is 1. The first kappa shape index (κ1) is 13.9. The van der Waals surface area contributed by atoms with E-state index in [1.165, 1.54) is 23.5 Å². The summed E-state index contributed by atoms with van der Waals surface area (Å²) in [6, 6.07) is 13.7. The van der Waals surface area contributed by atoms with E-state index in [4.69, 9.17) is 0 Å². The normalized spacial score (nSPS) is 10.2. The van der Waals surface area contributed by atoms with Gasteiger partial charge in [0.2, 0.25) is 0 Å². The predicted molar refractivity (Wildman–Crippen MR) is 84.4 cm³/mol. The van der Waals surface area contributed by atoms with Crippen LogP contribution in [0.15, 0.2) is 67.3 Å². The molecule has 0 bridgehead atoms. The van der Waals surface area contributed by atoms with Gasteiger partial charge in [-0.3, -0.25) is 14.7 Å². The average molecular weight is 290 g/mol. The fourth-order valence-corrected chi connectivity index (χ4v) is 2.07. The molecule has 1 amide bonds. The maximum absolute atomic E-state index is 12.3. The van der Waals surface area contributed by atoms with Crippen molar-refractivity contribution in [3.8, 4) is 11.1 Å². The van der Waals surface area contributed by atoms with Crippen molar-refractivity contribution in [3.63, 3.8) is 0 Å². The first-order valence-electron chi connectivity index (χ1n) is 6.81.